The zero-order chi connectivity index (χ0) is 12.1. The number of ether oxygens (including phenoxy) is 1. The largest absolute Gasteiger partial charge is 0.480 e. The van der Waals surface area contributed by atoms with Crippen LogP contribution < -0.4 is 5.32 Å². The number of aliphatic carboxylic acids is 1. The molecule has 0 rings (SSSR count). The van der Waals surface area contributed by atoms with Crippen molar-refractivity contribution in [3.8, 4) is 0 Å². The Morgan fingerprint density at radius 2 is 2.00 bits per heavy atom. The van der Waals surface area contributed by atoms with Crippen LogP contribution >= 0.6 is 0 Å². The van der Waals surface area contributed by atoms with Gasteiger partial charge in [0.15, 0.2) is 0 Å². The molecule has 15 heavy (non-hydrogen) atoms. The molecule has 4 heteroatoms. The Morgan fingerprint density at radius 3 is 2.33 bits per heavy atom. The molecule has 2 N–H and O–H groups in total. The molecule has 0 aromatic carbocycles. The van der Waals surface area contributed by atoms with E-state index in [0.29, 0.717) is 18.9 Å². The van der Waals surface area contributed by atoms with Crippen molar-refractivity contribution < 1.29 is 14.6 Å². The van der Waals surface area contributed by atoms with E-state index in [4.69, 9.17) is 4.74 Å². The van der Waals surface area contributed by atoms with E-state index in [1.165, 1.54) is 0 Å². The highest BCUT2D eigenvalue weighted by atomic mass is 16.5. The Balaban J connectivity index is 4.44. The van der Waals surface area contributed by atoms with E-state index in [-0.39, 0.29) is 6.04 Å². The lowest BCUT2D eigenvalue weighted by Crippen LogP contribution is -2.54. The number of methoxy groups -OCH3 is 1. The molecule has 0 radical (unpaired) electrons. The molecule has 90 valence electrons. The average Bonchev–Trinajstić information content (AvgIpc) is 2.01. The summed E-state index contributed by atoms with van der Waals surface area (Å²) in [4.78, 5) is 11.2. The molecule has 0 aliphatic rings. The Hall–Kier alpha value is -0.610. The lowest BCUT2D eigenvalue weighted by Gasteiger charge is -2.31. The van der Waals surface area contributed by atoms with Gasteiger partial charge in [-0.05, 0) is 26.2 Å². The van der Waals surface area contributed by atoms with E-state index in [1.807, 2.05) is 20.8 Å². The second kappa shape index (κ2) is 6.08. The van der Waals surface area contributed by atoms with E-state index in [0.717, 1.165) is 0 Å². The van der Waals surface area contributed by atoms with Gasteiger partial charge in [0.25, 0.3) is 0 Å². The van der Waals surface area contributed by atoms with Crippen molar-refractivity contribution >= 4 is 5.97 Å². The van der Waals surface area contributed by atoms with E-state index < -0.39 is 11.5 Å². The topological polar surface area (TPSA) is 58.6 Å². The standard InChI is InChI=1S/C11H23NO3/c1-8(2)6-11(4,10(13)14)12-9(3)7-15-5/h8-9,12H,6-7H2,1-5H3,(H,13,14). The van der Waals surface area contributed by atoms with Crippen LogP contribution in [0.25, 0.3) is 0 Å². The van der Waals surface area contributed by atoms with E-state index in [9.17, 15) is 9.90 Å². The fourth-order valence-electron chi connectivity index (χ4n) is 1.86. The normalized spacial score (nSPS) is 17.5. The maximum Gasteiger partial charge on any atom is 0.323 e. The van der Waals surface area contributed by atoms with Gasteiger partial charge in [-0.2, -0.15) is 0 Å². The smallest absolute Gasteiger partial charge is 0.323 e. The summed E-state index contributed by atoms with van der Waals surface area (Å²) in [7, 11) is 1.61. The fraction of sp³-hybridized carbons (Fsp3) is 0.909. The van der Waals surface area contributed by atoms with Crippen molar-refractivity contribution in [1.29, 1.82) is 0 Å². The van der Waals surface area contributed by atoms with Crippen LogP contribution in [0.4, 0.5) is 0 Å². The third-order valence-corrected chi connectivity index (χ3v) is 2.27. The summed E-state index contributed by atoms with van der Waals surface area (Å²) in [5.41, 5.74) is -0.869. The fourth-order valence-corrected chi connectivity index (χ4v) is 1.86. The van der Waals surface area contributed by atoms with E-state index >= 15 is 0 Å². The van der Waals surface area contributed by atoms with Crippen molar-refractivity contribution in [2.24, 2.45) is 5.92 Å². The molecular weight excluding hydrogens is 194 g/mol. The third-order valence-electron chi connectivity index (χ3n) is 2.27. The van der Waals surface area contributed by atoms with Gasteiger partial charge in [0, 0.05) is 13.2 Å². The summed E-state index contributed by atoms with van der Waals surface area (Å²) >= 11 is 0. The molecule has 0 aromatic heterocycles. The Labute approximate surface area is 92.0 Å². The lowest BCUT2D eigenvalue weighted by molar-refractivity contribution is -0.145. The zero-order valence-electron chi connectivity index (χ0n) is 10.3. The van der Waals surface area contributed by atoms with Gasteiger partial charge in [0.05, 0.1) is 6.61 Å². The first-order valence-electron chi connectivity index (χ1n) is 5.32. The molecule has 0 fully saturated rings. The van der Waals surface area contributed by atoms with Gasteiger partial charge in [-0.15, -0.1) is 0 Å². The number of carboxylic acid groups (broad SMARTS) is 1. The number of nitrogens with one attached hydrogen (secondary N) is 1. The minimum atomic E-state index is -0.869. The zero-order valence-corrected chi connectivity index (χ0v) is 10.3. The Kier molecular flexibility index (Phi) is 5.83. The minimum absolute atomic E-state index is 0.0369. The highest BCUT2D eigenvalue weighted by Crippen LogP contribution is 2.17. The number of hydrogen-bond acceptors (Lipinski definition) is 3. The second-order valence-corrected chi connectivity index (χ2v) is 4.74. The minimum Gasteiger partial charge on any atom is -0.480 e. The predicted molar refractivity (Wildman–Crippen MR) is 60.0 cm³/mol. The number of rotatable bonds is 7. The molecule has 0 spiro atoms. The summed E-state index contributed by atoms with van der Waals surface area (Å²) in [6.45, 7) is 8.20. The number of carboxylic acids is 1. The molecule has 0 aliphatic heterocycles. The predicted octanol–water partition coefficient (Wildman–Crippen LogP) is 1.50. The Morgan fingerprint density at radius 1 is 1.47 bits per heavy atom. The lowest BCUT2D eigenvalue weighted by atomic mass is 9.90. The summed E-state index contributed by atoms with van der Waals surface area (Å²) in [5.74, 6) is -0.465. The summed E-state index contributed by atoms with van der Waals surface area (Å²) < 4.78 is 4.98. The van der Waals surface area contributed by atoms with Crippen LogP contribution in [0.3, 0.4) is 0 Å². The molecular formula is C11H23NO3. The van der Waals surface area contributed by atoms with Crippen molar-refractivity contribution in [2.75, 3.05) is 13.7 Å². The molecule has 0 heterocycles. The first kappa shape index (κ1) is 14.4. The van der Waals surface area contributed by atoms with Gasteiger partial charge in [-0.3, -0.25) is 10.1 Å². The highest BCUT2D eigenvalue weighted by molar-refractivity contribution is 5.78. The van der Waals surface area contributed by atoms with Crippen LogP contribution in [-0.4, -0.2) is 36.4 Å². The number of hydrogen-bond donors (Lipinski definition) is 2. The van der Waals surface area contributed by atoms with Gasteiger partial charge in [-0.1, -0.05) is 13.8 Å². The van der Waals surface area contributed by atoms with Crippen LogP contribution in [0.2, 0.25) is 0 Å². The molecule has 0 aliphatic carbocycles. The first-order valence-corrected chi connectivity index (χ1v) is 5.32. The summed E-state index contributed by atoms with van der Waals surface area (Å²) in [6.07, 6.45) is 0.608. The summed E-state index contributed by atoms with van der Waals surface area (Å²) in [5, 5.41) is 12.3. The molecule has 0 amide bonds. The van der Waals surface area contributed by atoms with Crippen LogP contribution in [0.5, 0.6) is 0 Å². The van der Waals surface area contributed by atoms with Crippen molar-refractivity contribution in [3.63, 3.8) is 0 Å². The molecule has 2 unspecified atom stereocenters. The van der Waals surface area contributed by atoms with E-state index in [1.54, 1.807) is 14.0 Å². The third kappa shape index (κ3) is 5.14. The Bertz CT molecular complexity index is 206. The molecule has 4 nitrogen and oxygen atoms in total. The van der Waals surface area contributed by atoms with E-state index in [2.05, 4.69) is 5.32 Å². The molecule has 0 saturated carbocycles. The van der Waals surface area contributed by atoms with Crippen LogP contribution in [-0.2, 0) is 9.53 Å². The van der Waals surface area contributed by atoms with Gasteiger partial charge in [0.1, 0.15) is 5.54 Å². The van der Waals surface area contributed by atoms with Gasteiger partial charge < -0.3 is 9.84 Å². The SMILES string of the molecule is COCC(C)NC(C)(CC(C)C)C(=O)O. The maximum absolute atomic E-state index is 11.2. The monoisotopic (exact) mass is 217 g/mol. The van der Waals surface area contributed by atoms with Gasteiger partial charge in [-0.25, -0.2) is 0 Å². The van der Waals surface area contributed by atoms with Crippen LogP contribution in [0.1, 0.15) is 34.1 Å². The van der Waals surface area contributed by atoms with Crippen LogP contribution in [0, 0.1) is 5.92 Å². The molecule has 2 atom stereocenters. The molecule has 0 bridgehead atoms. The van der Waals surface area contributed by atoms with Crippen LogP contribution in [0.15, 0.2) is 0 Å². The second-order valence-electron chi connectivity index (χ2n) is 4.74. The average molecular weight is 217 g/mol. The van der Waals surface area contributed by atoms with Gasteiger partial charge in [0.2, 0.25) is 0 Å². The number of carbonyl (C=O) groups is 1. The van der Waals surface area contributed by atoms with Gasteiger partial charge >= 0.3 is 5.97 Å². The molecule has 0 saturated heterocycles. The van der Waals surface area contributed by atoms with Crippen molar-refractivity contribution in [1.82, 2.24) is 5.32 Å². The van der Waals surface area contributed by atoms with Crippen molar-refractivity contribution in [3.05, 3.63) is 0 Å². The first-order chi connectivity index (χ1) is 6.81. The molecule has 0 aromatic rings. The highest BCUT2D eigenvalue weighted by Gasteiger charge is 2.34. The van der Waals surface area contributed by atoms with Crippen molar-refractivity contribution in [2.45, 2.75) is 45.7 Å². The quantitative estimate of drug-likeness (QED) is 0.678. The summed E-state index contributed by atoms with van der Waals surface area (Å²) in [6, 6.07) is 0.0369. The maximum atomic E-state index is 11.2.